The van der Waals surface area contributed by atoms with E-state index in [1.165, 1.54) is 7.11 Å². The molecule has 0 N–H and O–H groups in total. The molecule has 2 fully saturated rings. The van der Waals surface area contributed by atoms with Gasteiger partial charge in [0.05, 0.1) is 7.11 Å². The van der Waals surface area contributed by atoms with Gasteiger partial charge < -0.3 is 14.4 Å². The summed E-state index contributed by atoms with van der Waals surface area (Å²) in [4.78, 5) is 25.5. The Morgan fingerprint density at radius 2 is 2.06 bits per heavy atom. The van der Waals surface area contributed by atoms with E-state index in [0.29, 0.717) is 6.61 Å². The molecule has 1 saturated carbocycles. The second-order valence-corrected chi connectivity index (χ2v) is 4.68. The molecule has 5 nitrogen and oxygen atoms in total. The van der Waals surface area contributed by atoms with Crippen LogP contribution < -0.4 is 0 Å². The SMILES string of the molecule is COC(=O)[C@@H](C)N(C(=O)[C@@H]1CCCO1)C1CC1. The third kappa shape index (κ3) is 2.60. The van der Waals surface area contributed by atoms with E-state index in [9.17, 15) is 9.59 Å². The number of hydrogen-bond donors (Lipinski definition) is 0. The quantitative estimate of drug-likeness (QED) is 0.680. The zero-order valence-electron chi connectivity index (χ0n) is 10.3. The molecule has 17 heavy (non-hydrogen) atoms. The van der Waals surface area contributed by atoms with Crippen molar-refractivity contribution in [2.45, 2.75) is 50.8 Å². The molecule has 0 spiro atoms. The van der Waals surface area contributed by atoms with Crippen LogP contribution >= 0.6 is 0 Å². The molecule has 1 amide bonds. The van der Waals surface area contributed by atoms with Crippen LogP contribution in [0.2, 0.25) is 0 Å². The minimum absolute atomic E-state index is 0.0529. The largest absolute Gasteiger partial charge is 0.467 e. The van der Waals surface area contributed by atoms with Crippen molar-refractivity contribution in [3.05, 3.63) is 0 Å². The maximum absolute atomic E-state index is 12.3. The Morgan fingerprint density at radius 1 is 1.35 bits per heavy atom. The lowest BCUT2D eigenvalue weighted by Gasteiger charge is -2.29. The number of hydrogen-bond acceptors (Lipinski definition) is 4. The van der Waals surface area contributed by atoms with Gasteiger partial charge in [0, 0.05) is 12.6 Å². The van der Waals surface area contributed by atoms with E-state index < -0.39 is 6.04 Å². The van der Waals surface area contributed by atoms with Gasteiger partial charge in [0.2, 0.25) is 0 Å². The summed E-state index contributed by atoms with van der Waals surface area (Å²) in [5, 5.41) is 0. The van der Waals surface area contributed by atoms with Gasteiger partial charge >= 0.3 is 5.97 Å². The van der Waals surface area contributed by atoms with Crippen LogP contribution in [-0.2, 0) is 19.1 Å². The van der Waals surface area contributed by atoms with Crippen LogP contribution in [0.25, 0.3) is 0 Å². The summed E-state index contributed by atoms with van der Waals surface area (Å²) in [5.41, 5.74) is 0. The number of rotatable bonds is 4. The van der Waals surface area contributed by atoms with Crippen molar-refractivity contribution in [2.24, 2.45) is 0 Å². The third-order valence-corrected chi connectivity index (χ3v) is 3.36. The predicted molar refractivity (Wildman–Crippen MR) is 60.3 cm³/mol. The molecule has 2 aliphatic rings. The fourth-order valence-electron chi connectivity index (χ4n) is 2.26. The van der Waals surface area contributed by atoms with Crippen LogP contribution in [0.5, 0.6) is 0 Å². The minimum atomic E-state index is -0.510. The highest BCUT2D eigenvalue weighted by atomic mass is 16.5. The summed E-state index contributed by atoms with van der Waals surface area (Å²) in [6.45, 7) is 2.36. The summed E-state index contributed by atoms with van der Waals surface area (Å²) < 4.78 is 10.1. The van der Waals surface area contributed by atoms with E-state index in [1.807, 2.05) is 0 Å². The van der Waals surface area contributed by atoms with Crippen LogP contribution in [0.1, 0.15) is 32.6 Å². The van der Waals surface area contributed by atoms with Gasteiger partial charge in [0.15, 0.2) is 0 Å². The minimum Gasteiger partial charge on any atom is -0.467 e. The standard InChI is InChI=1S/C12H19NO4/c1-8(12(15)16-2)13(9-5-6-9)11(14)10-4-3-7-17-10/h8-10H,3-7H2,1-2H3/t8-,10+/m1/s1. The Kier molecular flexibility index (Phi) is 3.66. The Balaban J connectivity index is 2.05. The Bertz CT molecular complexity index is 308. The van der Waals surface area contributed by atoms with Crippen molar-refractivity contribution in [3.8, 4) is 0 Å². The summed E-state index contributed by atoms with van der Waals surface area (Å²) in [5.74, 6) is -0.411. The number of carbonyl (C=O) groups excluding carboxylic acids is 2. The monoisotopic (exact) mass is 241 g/mol. The number of methoxy groups -OCH3 is 1. The van der Waals surface area contributed by atoms with E-state index in [2.05, 4.69) is 0 Å². The number of carbonyl (C=O) groups is 2. The highest BCUT2D eigenvalue weighted by Crippen LogP contribution is 2.31. The van der Waals surface area contributed by atoms with Gasteiger partial charge in [-0.3, -0.25) is 4.79 Å². The molecule has 0 unspecified atom stereocenters. The summed E-state index contributed by atoms with van der Waals surface area (Å²) in [6, 6.07) is -0.315. The summed E-state index contributed by atoms with van der Waals surface area (Å²) >= 11 is 0. The van der Waals surface area contributed by atoms with Crippen molar-refractivity contribution in [1.82, 2.24) is 4.90 Å². The van der Waals surface area contributed by atoms with Crippen molar-refractivity contribution in [3.63, 3.8) is 0 Å². The van der Waals surface area contributed by atoms with Crippen molar-refractivity contribution in [2.75, 3.05) is 13.7 Å². The first-order chi connectivity index (χ1) is 8.15. The Morgan fingerprint density at radius 3 is 2.53 bits per heavy atom. The lowest BCUT2D eigenvalue weighted by molar-refractivity contribution is -0.156. The molecule has 96 valence electrons. The second kappa shape index (κ2) is 5.04. The van der Waals surface area contributed by atoms with Crippen LogP contribution in [0.4, 0.5) is 0 Å². The molecule has 1 aliphatic heterocycles. The molecular weight excluding hydrogens is 222 g/mol. The maximum Gasteiger partial charge on any atom is 0.328 e. The molecule has 5 heteroatoms. The lowest BCUT2D eigenvalue weighted by Crippen LogP contribution is -2.49. The van der Waals surface area contributed by atoms with Crippen molar-refractivity contribution < 1.29 is 19.1 Å². The molecule has 0 aromatic carbocycles. The fourth-order valence-corrected chi connectivity index (χ4v) is 2.26. The number of ether oxygens (including phenoxy) is 2. The van der Waals surface area contributed by atoms with Gasteiger partial charge in [-0.25, -0.2) is 4.79 Å². The molecule has 0 aromatic heterocycles. The van der Waals surface area contributed by atoms with Crippen LogP contribution in [0.15, 0.2) is 0 Å². The van der Waals surface area contributed by atoms with E-state index in [1.54, 1.807) is 11.8 Å². The van der Waals surface area contributed by atoms with E-state index >= 15 is 0 Å². The van der Waals surface area contributed by atoms with Gasteiger partial charge in [-0.1, -0.05) is 0 Å². The average Bonchev–Trinajstić information content (AvgIpc) is 3.00. The highest BCUT2D eigenvalue weighted by molar-refractivity contribution is 5.87. The number of nitrogens with zero attached hydrogens (tertiary/aromatic N) is 1. The summed E-state index contributed by atoms with van der Waals surface area (Å²) in [7, 11) is 1.35. The van der Waals surface area contributed by atoms with Gasteiger partial charge in [-0.2, -0.15) is 0 Å². The van der Waals surface area contributed by atoms with Gasteiger partial charge in [-0.05, 0) is 32.6 Å². The molecule has 0 radical (unpaired) electrons. The summed E-state index contributed by atoms with van der Waals surface area (Å²) in [6.07, 6.45) is 3.26. The molecule has 1 heterocycles. The lowest BCUT2D eigenvalue weighted by atomic mass is 10.1. The van der Waals surface area contributed by atoms with E-state index in [0.717, 1.165) is 25.7 Å². The van der Waals surface area contributed by atoms with Crippen LogP contribution in [-0.4, -0.2) is 48.7 Å². The number of amides is 1. The first-order valence-corrected chi connectivity index (χ1v) is 6.16. The van der Waals surface area contributed by atoms with Crippen molar-refractivity contribution in [1.29, 1.82) is 0 Å². The molecule has 2 rings (SSSR count). The third-order valence-electron chi connectivity index (χ3n) is 3.36. The smallest absolute Gasteiger partial charge is 0.328 e. The zero-order chi connectivity index (χ0) is 12.4. The van der Waals surface area contributed by atoms with Crippen LogP contribution in [0.3, 0.4) is 0 Å². The van der Waals surface area contributed by atoms with Crippen molar-refractivity contribution >= 4 is 11.9 Å². The average molecular weight is 241 g/mol. The molecular formula is C12H19NO4. The normalized spacial score (nSPS) is 25.4. The van der Waals surface area contributed by atoms with Crippen LogP contribution in [0, 0.1) is 0 Å². The second-order valence-electron chi connectivity index (χ2n) is 4.68. The predicted octanol–water partition coefficient (Wildman–Crippen LogP) is 0.718. The first-order valence-electron chi connectivity index (χ1n) is 6.16. The Labute approximate surface area is 101 Å². The fraction of sp³-hybridized carbons (Fsp3) is 0.833. The Hall–Kier alpha value is -1.10. The molecule has 1 aliphatic carbocycles. The topological polar surface area (TPSA) is 55.8 Å². The molecule has 1 saturated heterocycles. The molecule has 2 atom stereocenters. The molecule has 0 bridgehead atoms. The molecule has 0 aromatic rings. The van der Waals surface area contributed by atoms with E-state index in [-0.39, 0.29) is 24.0 Å². The zero-order valence-corrected chi connectivity index (χ0v) is 10.3. The highest BCUT2D eigenvalue weighted by Gasteiger charge is 2.42. The van der Waals surface area contributed by atoms with Gasteiger partial charge in [0.25, 0.3) is 5.91 Å². The maximum atomic E-state index is 12.3. The first kappa shape index (κ1) is 12.4. The van der Waals surface area contributed by atoms with Gasteiger partial charge in [-0.15, -0.1) is 0 Å². The van der Waals surface area contributed by atoms with Gasteiger partial charge in [0.1, 0.15) is 12.1 Å². The number of esters is 1. The van der Waals surface area contributed by atoms with E-state index in [4.69, 9.17) is 9.47 Å².